The first-order valence-corrected chi connectivity index (χ1v) is 5.78. The molecule has 1 N–H and O–H groups in total. The number of halogens is 3. The molecule has 0 radical (unpaired) electrons. The SMILES string of the molecule is CC(C)CCOc1ccc(CO)cc1C(F)(F)F. The van der Waals surface area contributed by atoms with Crippen molar-refractivity contribution in [1.82, 2.24) is 0 Å². The minimum Gasteiger partial charge on any atom is -0.493 e. The van der Waals surface area contributed by atoms with E-state index < -0.39 is 18.3 Å². The third-order valence-electron chi connectivity index (χ3n) is 2.48. The van der Waals surface area contributed by atoms with Crippen molar-refractivity contribution in [1.29, 1.82) is 0 Å². The fourth-order valence-electron chi connectivity index (χ4n) is 1.43. The van der Waals surface area contributed by atoms with Crippen LogP contribution >= 0.6 is 0 Å². The number of alkyl halides is 3. The highest BCUT2D eigenvalue weighted by molar-refractivity contribution is 5.39. The lowest BCUT2D eigenvalue weighted by Gasteiger charge is -2.15. The molecule has 0 aliphatic heterocycles. The van der Waals surface area contributed by atoms with Gasteiger partial charge < -0.3 is 9.84 Å². The summed E-state index contributed by atoms with van der Waals surface area (Å²) in [5.41, 5.74) is -0.614. The van der Waals surface area contributed by atoms with Gasteiger partial charge in [-0.2, -0.15) is 13.2 Å². The van der Waals surface area contributed by atoms with E-state index in [4.69, 9.17) is 9.84 Å². The standard InChI is InChI=1S/C13H17F3O2/c1-9(2)5-6-18-12-4-3-10(8-17)7-11(12)13(14,15)16/h3-4,7,9,17H,5-6,8H2,1-2H3. The molecule has 2 nitrogen and oxygen atoms in total. The Morgan fingerprint density at radius 1 is 1.28 bits per heavy atom. The molecule has 0 fully saturated rings. The predicted octanol–water partition coefficient (Wildman–Crippen LogP) is 3.62. The summed E-state index contributed by atoms with van der Waals surface area (Å²) in [4.78, 5) is 0. The number of hydrogen-bond donors (Lipinski definition) is 1. The second-order valence-corrected chi connectivity index (χ2v) is 4.52. The lowest BCUT2D eigenvalue weighted by molar-refractivity contribution is -0.139. The maximum Gasteiger partial charge on any atom is 0.419 e. The van der Waals surface area contributed by atoms with Crippen LogP contribution < -0.4 is 4.74 Å². The lowest BCUT2D eigenvalue weighted by Crippen LogP contribution is -2.11. The van der Waals surface area contributed by atoms with E-state index >= 15 is 0 Å². The third-order valence-corrected chi connectivity index (χ3v) is 2.48. The van der Waals surface area contributed by atoms with Gasteiger partial charge in [-0.15, -0.1) is 0 Å². The number of rotatable bonds is 5. The normalized spacial score (nSPS) is 11.9. The number of benzene rings is 1. The Hall–Kier alpha value is -1.23. The summed E-state index contributed by atoms with van der Waals surface area (Å²) in [6, 6.07) is 3.61. The van der Waals surface area contributed by atoms with Crippen LogP contribution in [0.4, 0.5) is 13.2 Å². The van der Waals surface area contributed by atoms with Gasteiger partial charge >= 0.3 is 6.18 Å². The first kappa shape index (κ1) is 14.8. The van der Waals surface area contributed by atoms with Crippen molar-refractivity contribution < 1.29 is 23.0 Å². The molecule has 0 amide bonds. The topological polar surface area (TPSA) is 29.5 Å². The van der Waals surface area contributed by atoms with Gasteiger partial charge in [-0.1, -0.05) is 19.9 Å². The number of aliphatic hydroxyl groups is 1. The minimum atomic E-state index is -4.47. The fourth-order valence-corrected chi connectivity index (χ4v) is 1.43. The van der Waals surface area contributed by atoms with E-state index in [0.717, 1.165) is 6.07 Å². The van der Waals surface area contributed by atoms with Crippen LogP contribution in [-0.2, 0) is 12.8 Å². The predicted molar refractivity (Wildman–Crippen MR) is 62.3 cm³/mol. The van der Waals surface area contributed by atoms with Gasteiger partial charge in [-0.3, -0.25) is 0 Å². The molecule has 1 aromatic carbocycles. The maximum atomic E-state index is 12.8. The van der Waals surface area contributed by atoms with Gasteiger partial charge in [0, 0.05) is 0 Å². The van der Waals surface area contributed by atoms with Crippen LogP contribution in [0.25, 0.3) is 0 Å². The highest BCUT2D eigenvalue weighted by Crippen LogP contribution is 2.37. The molecule has 0 unspecified atom stereocenters. The average molecular weight is 262 g/mol. The van der Waals surface area contributed by atoms with Crippen LogP contribution in [0.15, 0.2) is 18.2 Å². The van der Waals surface area contributed by atoms with E-state index in [9.17, 15) is 13.2 Å². The Bertz CT molecular complexity index is 386. The molecule has 1 rings (SSSR count). The molecule has 0 saturated carbocycles. The van der Waals surface area contributed by atoms with Crippen LogP contribution in [0, 0.1) is 5.92 Å². The molecule has 1 aromatic rings. The minimum absolute atomic E-state index is 0.180. The highest BCUT2D eigenvalue weighted by Gasteiger charge is 2.34. The Morgan fingerprint density at radius 3 is 2.44 bits per heavy atom. The lowest BCUT2D eigenvalue weighted by atomic mass is 10.1. The van der Waals surface area contributed by atoms with Gasteiger partial charge in [0.25, 0.3) is 0 Å². The molecule has 0 saturated heterocycles. The largest absolute Gasteiger partial charge is 0.493 e. The highest BCUT2D eigenvalue weighted by atomic mass is 19.4. The van der Waals surface area contributed by atoms with Crippen molar-refractivity contribution in [2.45, 2.75) is 33.1 Å². The van der Waals surface area contributed by atoms with Crippen molar-refractivity contribution >= 4 is 0 Å². The zero-order chi connectivity index (χ0) is 13.8. The first-order valence-electron chi connectivity index (χ1n) is 5.78. The van der Waals surface area contributed by atoms with Gasteiger partial charge in [-0.25, -0.2) is 0 Å². The Morgan fingerprint density at radius 2 is 1.94 bits per heavy atom. The van der Waals surface area contributed by atoms with Crippen LogP contribution in [0.2, 0.25) is 0 Å². The van der Waals surface area contributed by atoms with E-state index in [1.807, 2.05) is 13.8 Å². The van der Waals surface area contributed by atoms with E-state index in [2.05, 4.69) is 0 Å². The Labute approximate surface area is 104 Å². The maximum absolute atomic E-state index is 12.8. The molecule has 0 heterocycles. The Balaban J connectivity index is 2.89. The molecule has 0 aliphatic carbocycles. The van der Waals surface area contributed by atoms with Crippen molar-refractivity contribution in [3.05, 3.63) is 29.3 Å². The zero-order valence-electron chi connectivity index (χ0n) is 10.4. The van der Waals surface area contributed by atoms with E-state index in [1.165, 1.54) is 12.1 Å². The van der Waals surface area contributed by atoms with E-state index in [-0.39, 0.29) is 17.9 Å². The summed E-state index contributed by atoms with van der Waals surface area (Å²) in [5, 5.41) is 8.86. The molecule has 0 spiro atoms. The quantitative estimate of drug-likeness (QED) is 0.878. The van der Waals surface area contributed by atoms with Crippen molar-refractivity contribution in [2.24, 2.45) is 5.92 Å². The van der Waals surface area contributed by atoms with Gasteiger partial charge in [-0.05, 0) is 30.0 Å². The molecule has 0 aromatic heterocycles. The fraction of sp³-hybridized carbons (Fsp3) is 0.538. The summed E-state index contributed by atoms with van der Waals surface area (Å²) >= 11 is 0. The molecule has 0 aliphatic rings. The average Bonchev–Trinajstić information content (AvgIpc) is 2.27. The number of ether oxygens (including phenoxy) is 1. The summed E-state index contributed by atoms with van der Waals surface area (Å²) in [6.07, 6.45) is -3.78. The van der Waals surface area contributed by atoms with Crippen molar-refractivity contribution in [3.63, 3.8) is 0 Å². The first-order chi connectivity index (χ1) is 8.34. The van der Waals surface area contributed by atoms with E-state index in [0.29, 0.717) is 12.3 Å². The van der Waals surface area contributed by atoms with Crippen molar-refractivity contribution in [3.8, 4) is 5.75 Å². The second kappa shape index (κ2) is 6.09. The summed E-state index contributed by atoms with van der Waals surface area (Å²) < 4.78 is 43.5. The zero-order valence-corrected chi connectivity index (χ0v) is 10.4. The molecular formula is C13H17F3O2. The monoisotopic (exact) mass is 262 g/mol. The van der Waals surface area contributed by atoms with Crippen LogP contribution in [-0.4, -0.2) is 11.7 Å². The van der Waals surface area contributed by atoms with Gasteiger partial charge in [0.2, 0.25) is 0 Å². The molecular weight excluding hydrogens is 245 g/mol. The van der Waals surface area contributed by atoms with Gasteiger partial charge in [0.15, 0.2) is 0 Å². The van der Waals surface area contributed by atoms with Crippen molar-refractivity contribution in [2.75, 3.05) is 6.61 Å². The van der Waals surface area contributed by atoms with E-state index in [1.54, 1.807) is 0 Å². The summed E-state index contributed by atoms with van der Waals surface area (Å²) in [6.45, 7) is 3.78. The van der Waals surface area contributed by atoms with Gasteiger partial charge in [0.1, 0.15) is 5.75 Å². The number of hydrogen-bond acceptors (Lipinski definition) is 2. The molecule has 0 atom stereocenters. The van der Waals surface area contributed by atoms with Gasteiger partial charge in [0.05, 0.1) is 18.8 Å². The Kier molecular flexibility index (Phi) is 5.02. The van der Waals surface area contributed by atoms with Crippen LogP contribution in [0.3, 0.4) is 0 Å². The summed E-state index contributed by atoms with van der Waals surface area (Å²) in [7, 11) is 0. The van der Waals surface area contributed by atoms with Crippen LogP contribution in [0.5, 0.6) is 5.75 Å². The summed E-state index contributed by atoms with van der Waals surface area (Å²) in [5.74, 6) is 0.191. The van der Waals surface area contributed by atoms with Crippen LogP contribution in [0.1, 0.15) is 31.4 Å². The molecule has 5 heteroatoms. The smallest absolute Gasteiger partial charge is 0.419 e. The second-order valence-electron chi connectivity index (χ2n) is 4.52. The third kappa shape index (κ3) is 4.22. The number of aliphatic hydroxyl groups excluding tert-OH is 1. The molecule has 102 valence electrons. The molecule has 0 bridgehead atoms. The molecule has 18 heavy (non-hydrogen) atoms.